The Kier molecular flexibility index (Phi) is 9.58. The maximum atomic E-state index is 13.7. The molecule has 4 heterocycles. The molecule has 2 aliphatic heterocycles. The molecule has 9 heteroatoms. The van der Waals surface area contributed by atoms with E-state index in [0.717, 1.165) is 46.1 Å². The smallest absolute Gasteiger partial charge is 0.258 e. The maximum Gasteiger partial charge on any atom is 0.258 e. The molecule has 56 heavy (non-hydrogen) atoms. The average molecular weight is 749 g/mol. The molecule has 0 fully saturated rings. The Bertz CT molecular complexity index is 2410. The highest BCUT2D eigenvalue weighted by Gasteiger charge is 2.36. The summed E-state index contributed by atoms with van der Waals surface area (Å²) < 4.78 is 4.05. The molecule has 0 saturated heterocycles. The lowest BCUT2D eigenvalue weighted by Gasteiger charge is -2.40. The van der Waals surface area contributed by atoms with Crippen LogP contribution in [0.25, 0.3) is 45.0 Å². The summed E-state index contributed by atoms with van der Waals surface area (Å²) in [5, 5.41) is 18.3. The lowest BCUT2D eigenvalue weighted by Crippen LogP contribution is -2.41. The number of carbonyl (C=O) groups excluding carboxylic acids is 1. The number of rotatable bonds is 1. The first kappa shape index (κ1) is 38.7. The van der Waals surface area contributed by atoms with Gasteiger partial charge in [0.2, 0.25) is 0 Å². The van der Waals surface area contributed by atoms with Crippen LogP contribution in [0.4, 0.5) is 11.4 Å². The van der Waals surface area contributed by atoms with E-state index in [1.165, 1.54) is 22.4 Å². The number of nitrogens with zero attached hydrogens (tertiary/aromatic N) is 8. The molecule has 8 rings (SSSR count). The van der Waals surface area contributed by atoms with Crippen molar-refractivity contribution in [3.63, 3.8) is 0 Å². The Balaban J connectivity index is 0.000000172. The first-order chi connectivity index (χ1) is 26.3. The predicted octanol–water partition coefficient (Wildman–Crippen LogP) is 10.9. The van der Waals surface area contributed by atoms with E-state index in [-0.39, 0.29) is 27.9 Å². The Morgan fingerprint density at radius 3 is 1.45 bits per heavy atom. The van der Waals surface area contributed by atoms with Gasteiger partial charge in [-0.05, 0) is 91.5 Å². The molecule has 0 spiro atoms. The van der Waals surface area contributed by atoms with Crippen LogP contribution in [0.5, 0.6) is 0 Å². The standard InChI is InChI=1S/C24H28N4O.C23H28N4/c1-23(2,3)15-27-19-14-10-9-13-18(19)21-20(25-26-28(21)24(4,5)6)16-11-7-8-12-17(16)22(27)29;1-22(2,3)26-15-16-11-7-8-12-17(16)20-21(18-13-9-10-14-19(18)26)27(25-24-20)23(4,5)6/h7-14H,15H2,1-6H3;7-14H,15H2,1-6H3. The normalized spacial score (nSPS) is 14.0. The Labute approximate surface area is 332 Å². The minimum Gasteiger partial charge on any atom is -0.362 e. The first-order valence-electron chi connectivity index (χ1n) is 19.6. The van der Waals surface area contributed by atoms with Crippen molar-refractivity contribution in [3.05, 3.63) is 108 Å². The zero-order valence-electron chi connectivity index (χ0n) is 35.1. The Morgan fingerprint density at radius 2 is 0.929 bits per heavy atom. The second-order valence-electron chi connectivity index (χ2n) is 19.2. The molecule has 4 aromatic carbocycles. The van der Waals surface area contributed by atoms with E-state index in [4.69, 9.17) is 0 Å². The highest BCUT2D eigenvalue weighted by molar-refractivity contribution is 6.14. The molecule has 0 unspecified atom stereocenters. The van der Waals surface area contributed by atoms with Gasteiger partial charge < -0.3 is 9.80 Å². The van der Waals surface area contributed by atoms with Crippen molar-refractivity contribution in [1.82, 2.24) is 30.0 Å². The Hall–Kier alpha value is -5.57. The third-order valence-electron chi connectivity index (χ3n) is 10.2. The van der Waals surface area contributed by atoms with Gasteiger partial charge in [0, 0.05) is 52.1 Å². The van der Waals surface area contributed by atoms with E-state index < -0.39 is 0 Å². The summed E-state index contributed by atoms with van der Waals surface area (Å²) in [5.74, 6) is -0.000987. The molecule has 2 aromatic heterocycles. The van der Waals surface area contributed by atoms with Gasteiger partial charge in [-0.25, -0.2) is 9.36 Å². The van der Waals surface area contributed by atoms with Crippen LogP contribution >= 0.6 is 0 Å². The van der Waals surface area contributed by atoms with Crippen LogP contribution in [-0.4, -0.2) is 48.0 Å². The second kappa shape index (κ2) is 13.9. The van der Waals surface area contributed by atoms with Crippen LogP contribution in [-0.2, 0) is 17.6 Å². The minimum absolute atomic E-state index is 0.000987. The summed E-state index contributed by atoms with van der Waals surface area (Å²) in [6.45, 7) is 27.6. The van der Waals surface area contributed by atoms with E-state index in [9.17, 15) is 4.79 Å². The highest BCUT2D eigenvalue weighted by Crippen LogP contribution is 2.45. The summed E-state index contributed by atoms with van der Waals surface area (Å²) in [7, 11) is 0. The van der Waals surface area contributed by atoms with Crippen molar-refractivity contribution >= 4 is 17.3 Å². The number of hydrogen-bond donors (Lipinski definition) is 0. The van der Waals surface area contributed by atoms with Crippen LogP contribution in [0.2, 0.25) is 0 Å². The van der Waals surface area contributed by atoms with Crippen molar-refractivity contribution in [2.24, 2.45) is 5.41 Å². The number of fused-ring (bicyclic) bond motifs is 10. The molecule has 1 amide bonds. The third-order valence-corrected chi connectivity index (χ3v) is 10.2. The lowest BCUT2D eigenvalue weighted by molar-refractivity contribution is 0.0978. The van der Waals surface area contributed by atoms with Gasteiger partial charge in [0.1, 0.15) is 11.4 Å². The van der Waals surface area contributed by atoms with Gasteiger partial charge in [0.05, 0.1) is 28.2 Å². The summed E-state index contributed by atoms with van der Waals surface area (Å²) in [4.78, 5) is 18.1. The number of hydrogen-bond acceptors (Lipinski definition) is 6. The van der Waals surface area contributed by atoms with E-state index in [0.29, 0.717) is 12.1 Å². The molecular formula is C47H56N8O. The SMILES string of the molecule is CC(C)(C)CN1C(=O)c2ccccc2-c2nnn(C(C)(C)C)c2-c2ccccc21.CC(C)(C)N1Cc2ccccc2-c2nnn(C(C)(C)C)c2-c2ccccc21. The molecule has 290 valence electrons. The van der Waals surface area contributed by atoms with Gasteiger partial charge in [0.25, 0.3) is 5.91 Å². The monoisotopic (exact) mass is 748 g/mol. The van der Waals surface area contributed by atoms with Crippen LogP contribution in [0.15, 0.2) is 97.1 Å². The number of carbonyl (C=O) groups is 1. The summed E-state index contributed by atoms with van der Waals surface area (Å²) in [6, 6.07) is 33.0. The fourth-order valence-electron chi connectivity index (χ4n) is 7.67. The largest absolute Gasteiger partial charge is 0.362 e. The Morgan fingerprint density at radius 1 is 0.500 bits per heavy atom. The van der Waals surface area contributed by atoms with Gasteiger partial charge in [-0.15, -0.1) is 10.2 Å². The molecular weight excluding hydrogens is 693 g/mol. The number of para-hydroxylation sites is 2. The zero-order valence-corrected chi connectivity index (χ0v) is 35.1. The molecule has 0 N–H and O–H groups in total. The lowest BCUT2D eigenvalue weighted by atomic mass is 9.91. The van der Waals surface area contributed by atoms with Crippen LogP contribution in [0.3, 0.4) is 0 Å². The van der Waals surface area contributed by atoms with Gasteiger partial charge in [-0.3, -0.25) is 4.79 Å². The zero-order chi connectivity index (χ0) is 40.4. The van der Waals surface area contributed by atoms with Gasteiger partial charge >= 0.3 is 0 Å². The van der Waals surface area contributed by atoms with Crippen molar-refractivity contribution in [2.75, 3.05) is 16.3 Å². The van der Waals surface area contributed by atoms with Gasteiger partial charge in [-0.1, -0.05) is 110 Å². The predicted molar refractivity (Wildman–Crippen MR) is 229 cm³/mol. The van der Waals surface area contributed by atoms with Gasteiger partial charge in [0.15, 0.2) is 0 Å². The van der Waals surface area contributed by atoms with Crippen molar-refractivity contribution in [1.29, 1.82) is 0 Å². The van der Waals surface area contributed by atoms with Crippen LogP contribution in [0, 0.1) is 5.41 Å². The van der Waals surface area contributed by atoms with Gasteiger partial charge in [-0.2, -0.15) is 0 Å². The molecule has 0 atom stereocenters. The van der Waals surface area contributed by atoms with Crippen LogP contribution < -0.4 is 9.80 Å². The molecule has 0 saturated carbocycles. The fraction of sp³-hybridized carbons (Fsp3) is 0.383. The molecule has 9 nitrogen and oxygen atoms in total. The molecule has 0 radical (unpaired) electrons. The molecule has 6 aromatic rings. The number of aromatic nitrogens is 6. The number of benzene rings is 4. The topological polar surface area (TPSA) is 85.0 Å². The van der Waals surface area contributed by atoms with E-state index >= 15 is 0 Å². The second-order valence-corrected chi connectivity index (χ2v) is 19.2. The summed E-state index contributed by atoms with van der Waals surface area (Å²) in [6.07, 6.45) is 0. The maximum absolute atomic E-state index is 13.7. The average Bonchev–Trinajstić information content (AvgIpc) is 3.77. The highest BCUT2D eigenvalue weighted by atomic mass is 16.2. The minimum atomic E-state index is -0.249. The van der Waals surface area contributed by atoms with E-state index in [1.807, 2.05) is 52.0 Å². The number of amides is 1. The third kappa shape index (κ3) is 7.15. The quantitative estimate of drug-likeness (QED) is 0.166. The van der Waals surface area contributed by atoms with Crippen molar-refractivity contribution in [3.8, 4) is 45.0 Å². The number of anilines is 2. The first-order valence-corrected chi connectivity index (χ1v) is 19.6. The van der Waals surface area contributed by atoms with Crippen LogP contribution in [0.1, 0.15) is 99.0 Å². The molecule has 0 bridgehead atoms. The van der Waals surface area contributed by atoms with Crippen molar-refractivity contribution in [2.45, 2.75) is 106 Å². The van der Waals surface area contributed by atoms with E-state index in [2.05, 4.69) is 168 Å². The van der Waals surface area contributed by atoms with E-state index in [1.54, 1.807) is 0 Å². The van der Waals surface area contributed by atoms with Crippen molar-refractivity contribution < 1.29 is 4.79 Å². The molecule has 2 aliphatic rings. The summed E-state index contributed by atoms with van der Waals surface area (Å²) >= 11 is 0. The molecule has 0 aliphatic carbocycles. The fourth-order valence-corrected chi connectivity index (χ4v) is 7.67. The summed E-state index contributed by atoms with van der Waals surface area (Å²) in [5.41, 5.74) is 11.6.